The fourth-order valence-electron chi connectivity index (χ4n) is 4.19. The van der Waals surface area contributed by atoms with Crippen molar-refractivity contribution in [3.05, 3.63) is 29.8 Å². The Labute approximate surface area is 167 Å². The lowest BCUT2D eigenvalue weighted by Gasteiger charge is -2.30. The van der Waals surface area contributed by atoms with E-state index in [0.717, 1.165) is 18.4 Å². The quantitative estimate of drug-likeness (QED) is 0.662. The van der Waals surface area contributed by atoms with Crippen molar-refractivity contribution in [2.45, 2.75) is 70.1 Å². The highest BCUT2D eigenvalue weighted by atomic mass is 35.5. The minimum Gasteiger partial charge on any atom is -0.494 e. The lowest BCUT2D eigenvalue weighted by Crippen LogP contribution is -2.48. The fraction of sp³-hybridized carbons (Fsp3) is 0.600. The second kappa shape index (κ2) is 9.95. The summed E-state index contributed by atoms with van der Waals surface area (Å²) < 4.78 is 5.68. The van der Waals surface area contributed by atoms with Gasteiger partial charge in [-0.25, -0.2) is 0 Å². The van der Waals surface area contributed by atoms with E-state index >= 15 is 0 Å². The first-order valence-corrected chi connectivity index (χ1v) is 9.59. The van der Waals surface area contributed by atoms with Gasteiger partial charge in [0, 0.05) is 30.6 Å². The number of halogens is 1. The van der Waals surface area contributed by atoms with Crippen LogP contribution >= 0.6 is 12.4 Å². The first-order valence-electron chi connectivity index (χ1n) is 9.59. The highest BCUT2D eigenvalue weighted by Gasteiger charge is 2.34. The van der Waals surface area contributed by atoms with Gasteiger partial charge in [-0.2, -0.15) is 0 Å². The van der Waals surface area contributed by atoms with Crippen molar-refractivity contribution < 1.29 is 14.3 Å². The van der Waals surface area contributed by atoms with Gasteiger partial charge in [0.25, 0.3) is 0 Å². The molecule has 2 heterocycles. The molecule has 2 aliphatic heterocycles. The summed E-state index contributed by atoms with van der Waals surface area (Å²) in [5.74, 6) is 0.525. The number of carbonyl (C=O) groups is 2. The van der Waals surface area contributed by atoms with Gasteiger partial charge in [-0.3, -0.25) is 9.59 Å². The van der Waals surface area contributed by atoms with E-state index in [-0.39, 0.29) is 36.7 Å². The Morgan fingerprint density at radius 3 is 2.52 bits per heavy atom. The van der Waals surface area contributed by atoms with Crippen LogP contribution in [0.1, 0.15) is 57.6 Å². The SMILES string of the molecule is CCOc1ccccc1C(CC(=O)NC1CC2CCC(C1)N2)NC(C)=O.Cl. The summed E-state index contributed by atoms with van der Waals surface area (Å²) >= 11 is 0. The predicted molar refractivity (Wildman–Crippen MR) is 107 cm³/mol. The van der Waals surface area contributed by atoms with Crippen LogP contribution in [0.5, 0.6) is 5.75 Å². The molecule has 2 amide bonds. The second-order valence-corrected chi connectivity index (χ2v) is 7.30. The summed E-state index contributed by atoms with van der Waals surface area (Å²) in [6.07, 6.45) is 4.59. The predicted octanol–water partition coefficient (Wildman–Crippen LogP) is 2.47. The number of carbonyl (C=O) groups excluding carboxylic acids is 2. The number of para-hydroxylation sites is 1. The molecular formula is C20H30ClN3O3. The molecule has 3 unspecified atom stereocenters. The largest absolute Gasteiger partial charge is 0.494 e. The van der Waals surface area contributed by atoms with Crippen LogP contribution in [0.4, 0.5) is 0 Å². The minimum absolute atomic E-state index is 0. The van der Waals surface area contributed by atoms with Gasteiger partial charge >= 0.3 is 0 Å². The van der Waals surface area contributed by atoms with Crippen LogP contribution in [0.25, 0.3) is 0 Å². The van der Waals surface area contributed by atoms with Crippen LogP contribution in [0, 0.1) is 0 Å². The molecule has 0 aliphatic carbocycles. The molecule has 0 saturated carbocycles. The van der Waals surface area contributed by atoms with Crippen molar-refractivity contribution in [1.82, 2.24) is 16.0 Å². The van der Waals surface area contributed by atoms with E-state index in [1.54, 1.807) is 0 Å². The van der Waals surface area contributed by atoms with Crippen molar-refractivity contribution >= 4 is 24.2 Å². The third-order valence-corrected chi connectivity index (χ3v) is 5.20. The van der Waals surface area contributed by atoms with E-state index in [1.807, 2.05) is 31.2 Å². The van der Waals surface area contributed by atoms with Crippen LogP contribution in [-0.2, 0) is 9.59 Å². The Morgan fingerprint density at radius 2 is 1.89 bits per heavy atom. The molecule has 1 aromatic carbocycles. The molecule has 2 fully saturated rings. The molecule has 3 atom stereocenters. The van der Waals surface area contributed by atoms with Gasteiger partial charge in [-0.15, -0.1) is 12.4 Å². The fourth-order valence-corrected chi connectivity index (χ4v) is 4.19. The van der Waals surface area contributed by atoms with E-state index in [0.29, 0.717) is 24.4 Å². The van der Waals surface area contributed by atoms with E-state index in [2.05, 4.69) is 16.0 Å². The molecule has 27 heavy (non-hydrogen) atoms. The van der Waals surface area contributed by atoms with Crippen LogP contribution < -0.4 is 20.7 Å². The lowest BCUT2D eigenvalue weighted by molar-refractivity contribution is -0.123. The van der Waals surface area contributed by atoms with E-state index in [4.69, 9.17) is 4.74 Å². The zero-order valence-electron chi connectivity index (χ0n) is 16.0. The van der Waals surface area contributed by atoms with Gasteiger partial charge in [0.05, 0.1) is 19.1 Å². The van der Waals surface area contributed by atoms with Gasteiger partial charge in [0.2, 0.25) is 11.8 Å². The summed E-state index contributed by atoms with van der Waals surface area (Å²) in [7, 11) is 0. The Balaban J connectivity index is 0.00000261. The van der Waals surface area contributed by atoms with E-state index in [1.165, 1.54) is 19.8 Å². The smallest absolute Gasteiger partial charge is 0.222 e. The number of hydrogen-bond donors (Lipinski definition) is 3. The molecule has 2 aliphatic rings. The molecule has 2 bridgehead atoms. The summed E-state index contributed by atoms with van der Waals surface area (Å²) in [5, 5.41) is 9.66. The number of piperidine rings is 1. The summed E-state index contributed by atoms with van der Waals surface area (Å²) in [4.78, 5) is 24.3. The minimum atomic E-state index is -0.395. The van der Waals surface area contributed by atoms with Crippen LogP contribution in [0.15, 0.2) is 24.3 Å². The van der Waals surface area contributed by atoms with Gasteiger partial charge in [-0.05, 0) is 38.7 Å². The third-order valence-electron chi connectivity index (χ3n) is 5.20. The summed E-state index contributed by atoms with van der Waals surface area (Å²) in [6.45, 7) is 3.93. The van der Waals surface area contributed by atoms with E-state index in [9.17, 15) is 9.59 Å². The number of benzene rings is 1. The number of nitrogens with one attached hydrogen (secondary N) is 3. The Bertz CT molecular complexity index is 643. The number of fused-ring (bicyclic) bond motifs is 2. The topological polar surface area (TPSA) is 79.5 Å². The molecule has 3 rings (SSSR count). The molecule has 7 heteroatoms. The van der Waals surface area contributed by atoms with E-state index < -0.39 is 6.04 Å². The maximum Gasteiger partial charge on any atom is 0.222 e. The number of ether oxygens (including phenoxy) is 1. The highest BCUT2D eigenvalue weighted by Crippen LogP contribution is 2.29. The summed E-state index contributed by atoms with van der Waals surface area (Å²) in [6, 6.07) is 8.46. The average molecular weight is 396 g/mol. The third kappa shape index (κ3) is 5.84. The molecule has 0 radical (unpaired) electrons. The second-order valence-electron chi connectivity index (χ2n) is 7.30. The molecule has 2 saturated heterocycles. The zero-order valence-corrected chi connectivity index (χ0v) is 16.8. The molecule has 0 spiro atoms. The molecule has 3 N–H and O–H groups in total. The molecule has 6 nitrogen and oxygen atoms in total. The zero-order chi connectivity index (χ0) is 18.5. The van der Waals surface area contributed by atoms with Gasteiger partial charge in [0.15, 0.2) is 0 Å². The van der Waals surface area contributed by atoms with Crippen molar-refractivity contribution in [2.75, 3.05) is 6.61 Å². The van der Waals surface area contributed by atoms with Crippen molar-refractivity contribution in [2.24, 2.45) is 0 Å². The maximum absolute atomic E-state index is 12.7. The van der Waals surface area contributed by atoms with Crippen LogP contribution in [0.3, 0.4) is 0 Å². The van der Waals surface area contributed by atoms with Crippen molar-refractivity contribution in [1.29, 1.82) is 0 Å². The first-order chi connectivity index (χ1) is 12.5. The van der Waals surface area contributed by atoms with Crippen LogP contribution in [0.2, 0.25) is 0 Å². The average Bonchev–Trinajstić information content (AvgIpc) is 2.93. The molecule has 1 aromatic rings. The number of rotatable bonds is 7. The monoisotopic (exact) mass is 395 g/mol. The highest BCUT2D eigenvalue weighted by molar-refractivity contribution is 5.85. The number of amides is 2. The standard InChI is InChI=1S/C20H29N3O3.ClH/c1-3-26-19-7-5-4-6-17(19)18(21-13(2)24)12-20(25)23-16-10-14-8-9-15(11-16)22-14;/h4-7,14-16,18,22H,3,8-12H2,1-2H3,(H,21,24)(H,23,25);1H. The first kappa shape index (κ1) is 21.5. The molecule has 0 aromatic heterocycles. The lowest BCUT2D eigenvalue weighted by atomic mass is 9.98. The molecular weight excluding hydrogens is 366 g/mol. The Hall–Kier alpha value is -1.79. The Morgan fingerprint density at radius 1 is 1.22 bits per heavy atom. The van der Waals surface area contributed by atoms with Gasteiger partial charge < -0.3 is 20.7 Å². The number of hydrogen-bond acceptors (Lipinski definition) is 4. The molecule has 150 valence electrons. The van der Waals surface area contributed by atoms with Gasteiger partial charge in [0.1, 0.15) is 5.75 Å². The maximum atomic E-state index is 12.7. The van der Waals surface area contributed by atoms with Crippen LogP contribution in [-0.4, -0.2) is 36.5 Å². The normalized spacial score (nSPS) is 24.4. The summed E-state index contributed by atoms with van der Waals surface area (Å²) in [5.41, 5.74) is 0.838. The Kier molecular flexibility index (Phi) is 7.92. The van der Waals surface area contributed by atoms with Crippen molar-refractivity contribution in [3.63, 3.8) is 0 Å². The van der Waals surface area contributed by atoms with Gasteiger partial charge in [-0.1, -0.05) is 18.2 Å². The van der Waals surface area contributed by atoms with Crippen molar-refractivity contribution in [3.8, 4) is 5.75 Å².